The Balaban J connectivity index is 1.84. The predicted molar refractivity (Wildman–Crippen MR) is 112 cm³/mol. The van der Waals surface area contributed by atoms with Gasteiger partial charge in [-0.2, -0.15) is 9.97 Å². The van der Waals surface area contributed by atoms with Crippen molar-refractivity contribution >= 4 is 45.1 Å². The van der Waals surface area contributed by atoms with Crippen molar-refractivity contribution in [2.75, 3.05) is 25.8 Å². The molecule has 0 fully saturated rings. The molecular formula is C16H16N6O5S3. The van der Waals surface area contributed by atoms with Crippen LogP contribution in [0.5, 0.6) is 11.8 Å². The molecule has 0 saturated heterocycles. The SMILES string of the molecule is COc1cc(OC)nc(NC(=O)NS(=O)(=O)c2ccccc2-c2nnc(SC)s2)n1. The van der Waals surface area contributed by atoms with Crippen LogP contribution in [-0.4, -0.2) is 55.1 Å². The van der Waals surface area contributed by atoms with Crippen LogP contribution < -0.4 is 19.5 Å². The average molecular weight is 469 g/mol. The zero-order valence-electron chi connectivity index (χ0n) is 15.9. The fraction of sp³-hybridized carbons (Fsp3) is 0.188. The van der Waals surface area contributed by atoms with Gasteiger partial charge in [0, 0.05) is 5.56 Å². The van der Waals surface area contributed by atoms with Crippen LogP contribution in [0.15, 0.2) is 39.6 Å². The van der Waals surface area contributed by atoms with Crippen LogP contribution >= 0.6 is 23.1 Å². The standard InChI is InChI=1S/C16H16N6O5S3/c1-26-11-8-12(27-2)18-14(17-11)19-15(23)22-30(24,25)10-7-5-4-6-9(10)13-20-21-16(28-3)29-13/h4-8H,1-3H3,(H2,17,18,19,22,23). The van der Waals surface area contributed by atoms with E-state index in [4.69, 9.17) is 9.47 Å². The number of carbonyl (C=O) groups excluding carboxylic acids is 1. The summed E-state index contributed by atoms with van der Waals surface area (Å²) in [5, 5.41) is 10.7. The third-order valence-corrected chi connectivity index (χ3v) is 6.86. The highest BCUT2D eigenvalue weighted by Crippen LogP contribution is 2.32. The number of anilines is 1. The lowest BCUT2D eigenvalue weighted by atomic mass is 10.2. The number of amides is 2. The highest BCUT2D eigenvalue weighted by atomic mass is 32.2. The van der Waals surface area contributed by atoms with Crippen LogP contribution in [0.25, 0.3) is 10.6 Å². The fourth-order valence-electron chi connectivity index (χ4n) is 2.25. The van der Waals surface area contributed by atoms with E-state index in [1.54, 1.807) is 18.2 Å². The van der Waals surface area contributed by atoms with E-state index in [1.807, 2.05) is 11.0 Å². The fourth-order valence-corrected chi connectivity index (χ4v) is 4.74. The first-order valence-corrected chi connectivity index (χ1v) is 11.7. The van der Waals surface area contributed by atoms with Crippen LogP contribution in [0.1, 0.15) is 0 Å². The van der Waals surface area contributed by atoms with Gasteiger partial charge in [-0.1, -0.05) is 41.3 Å². The molecule has 0 saturated carbocycles. The smallest absolute Gasteiger partial charge is 0.335 e. The third-order valence-electron chi connectivity index (χ3n) is 3.54. The van der Waals surface area contributed by atoms with Crippen molar-refractivity contribution in [2.45, 2.75) is 9.24 Å². The maximum Gasteiger partial charge on any atom is 0.335 e. The molecule has 3 aromatic rings. The first kappa shape index (κ1) is 21.7. The summed E-state index contributed by atoms with van der Waals surface area (Å²) in [6.45, 7) is 0. The topological polar surface area (TPSA) is 145 Å². The Bertz CT molecular complexity index is 1150. The zero-order chi connectivity index (χ0) is 21.7. The molecule has 2 heterocycles. The van der Waals surface area contributed by atoms with Gasteiger partial charge in [0.25, 0.3) is 10.0 Å². The Morgan fingerprint density at radius 3 is 2.37 bits per heavy atom. The largest absolute Gasteiger partial charge is 0.481 e. The number of hydrogen-bond acceptors (Lipinski definition) is 11. The normalized spacial score (nSPS) is 11.0. The minimum Gasteiger partial charge on any atom is -0.481 e. The van der Waals surface area contributed by atoms with Crippen LogP contribution in [0.3, 0.4) is 0 Å². The molecule has 11 nitrogen and oxygen atoms in total. The van der Waals surface area contributed by atoms with Crippen LogP contribution in [0.4, 0.5) is 10.7 Å². The van der Waals surface area contributed by atoms with Gasteiger partial charge >= 0.3 is 6.03 Å². The maximum absolute atomic E-state index is 12.8. The number of carbonyl (C=O) groups is 1. The van der Waals surface area contributed by atoms with E-state index < -0.39 is 16.1 Å². The van der Waals surface area contributed by atoms with Gasteiger partial charge in [-0.05, 0) is 12.3 Å². The summed E-state index contributed by atoms with van der Waals surface area (Å²) in [4.78, 5) is 20.0. The average Bonchev–Trinajstić information content (AvgIpc) is 3.22. The van der Waals surface area contributed by atoms with Crippen molar-refractivity contribution in [3.05, 3.63) is 30.3 Å². The van der Waals surface area contributed by atoms with Gasteiger partial charge < -0.3 is 9.47 Å². The third kappa shape index (κ3) is 4.95. The molecule has 30 heavy (non-hydrogen) atoms. The van der Waals surface area contributed by atoms with E-state index >= 15 is 0 Å². The molecule has 0 bridgehead atoms. The number of benzene rings is 1. The predicted octanol–water partition coefficient (Wildman–Crippen LogP) is 2.24. The van der Waals surface area contributed by atoms with Gasteiger partial charge in [-0.15, -0.1) is 10.2 Å². The van der Waals surface area contributed by atoms with E-state index in [2.05, 4.69) is 25.5 Å². The minimum atomic E-state index is -4.24. The quantitative estimate of drug-likeness (QED) is 0.495. The Labute approximate surface area is 180 Å². The van der Waals surface area contributed by atoms with Gasteiger partial charge in [-0.25, -0.2) is 17.9 Å². The molecule has 2 aromatic heterocycles. The van der Waals surface area contributed by atoms with E-state index in [0.717, 1.165) is 0 Å². The number of aromatic nitrogens is 4. The van der Waals surface area contributed by atoms with Crippen molar-refractivity contribution in [3.63, 3.8) is 0 Å². The first-order chi connectivity index (χ1) is 14.4. The lowest BCUT2D eigenvalue weighted by Gasteiger charge is -2.11. The number of sulfonamides is 1. The lowest BCUT2D eigenvalue weighted by Crippen LogP contribution is -2.35. The molecule has 2 N–H and O–H groups in total. The van der Waals surface area contributed by atoms with Gasteiger partial charge in [0.1, 0.15) is 5.01 Å². The molecule has 158 valence electrons. The van der Waals surface area contributed by atoms with Gasteiger partial charge in [0.05, 0.1) is 25.2 Å². The summed E-state index contributed by atoms with van der Waals surface area (Å²) >= 11 is 2.64. The summed E-state index contributed by atoms with van der Waals surface area (Å²) in [5.74, 6) is 0.0679. The number of methoxy groups -OCH3 is 2. The maximum atomic E-state index is 12.8. The molecule has 0 aliphatic carbocycles. The van der Waals surface area contributed by atoms with Crippen LogP contribution in [0, 0.1) is 0 Å². The van der Waals surface area contributed by atoms with Gasteiger partial charge in [0.2, 0.25) is 17.7 Å². The second-order valence-corrected chi connectivity index (χ2v) is 9.09. The van der Waals surface area contributed by atoms with Crippen molar-refractivity contribution in [1.29, 1.82) is 0 Å². The highest BCUT2D eigenvalue weighted by molar-refractivity contribution is 8.00. The van der Waals surface area contributed by atoms with E-state index in [0.29, 0.717) is 14.9 Å². The molecule has 3 rings (SSSR count). The molecule has 1 aromatic carbocycles. The number of rotatable bonds is 7. The van der Waals surface area contributed by atoms with Crippen molar-refractivity contribution in [3.8, 4) is 22.3 Å². The van der Waals surface area contributed by atoms with Crippen LogP contribution in [-0.2, 0) is 10.0 Å². The summed E-state index contributed by atoms with van der Waals surface area (Å²) in [6, 6.07) is 6.53. The molecular weight excluding hydrogens is 452 g/mol. The molecule has 2 amide bonds. The Morgan fingerprint density at radius 1 is 1.10 bits per heavy atom. The van der Waals surface area contributed by atoms with E-state index in [9.17, 15) is 13.2 Å². The zero-order valence-corrected chi connectivity index (χ0v) is 18.4. The Morgan fingerprint density at radius 2 is 1.77 bits per heavy atom. The lowest BCUT2D eigenvalue weighted by molar-refractivity contribution is 0.256. The summed E-state index contributed by atoms with van der Waals surface area (Å²) in [5.41, 5.74) is 0.329. The summed E-state index contributed by atoms with van der Waals surface area (Å²) < 4.78 is 38.3. The summed E-state index contributed by atoms with van der Waals surface area (Å²) in [7, 11) is -1.48. The summed E-state index contributed by atoms with van der Waals surface area (Å²) in [6.07, 6.45) is 1.84. The molecule has 0 aliphatic heterocycles. The number of nitrogens with one attached hydrogen (secondary N) is 2. The van der Waals surface area contributed by atoms with Crippen molar-refractivity contribution in [2.24, 2.45) is 0 Å². The van der Waals surface area contributed by atoms with E-state index in [-0.39, 0.29) is 22.6 Å². The second-order valence-electron chi connectivity index (χ2n) is 5.41. The molecule has 14 heteroatoms. The number of urea groups is 1. The van der Waals surface area contributed by atoms with E-state index in [1.165, 1.54) is 49.5 Å². The molecule has 0 atom stereocenters. The van der Waals surface area contributed by atoms with Gasteiger partial charge in [-0.3, -0.25) is 5.32 Å². The molecule has 0 radical (unpaired) electrons. The number of thioether (sulfide) groups is 1. The molecule has 0 aliphatic rings. The minimum absolute atomic E-state index is 0.118. The highest BCUT2D eigenvalue weighted by Gasteiger charge is 2.24. The van der Waals surface area contributed by atoms with Crippen molar-refractivity contribution < 1.29 is 22.7 Å². The van der Waals surface area contributed by atoms with Crippen LogP contribution in [0.2, 0.25) is 0 Å². The Hall–Kier alpha value is -2.97. The number of ether oxygens (including phenoxy) is 2. The molecule has 0 spiro atoms. The Kier molecular flexibility index (Phi) is 6.69. The van der Waals surface area contributed by atoms with Gasteiger partial charge in [0.15, 0.2) is 4.34 Å². The first-order valence-electron chi connectivity index (χ1n) is 8.14. The second kappa shape index (κ2) is 9.23. The molecule has 0 unspecified atom stereocenters. The van der Waals surface area contributed by atoms with Crippen molar-refractivity contribution in [1.82, 2.24) is 24.9 Å². The number of nitrogens with zero attached hydrogens (tertiary/aromatic N) is 4. The number of hydrogen-bond donors (Lipinski definition) is 2. The monoisotopic (exact) mass is 468 g/mol.